The fourth-order valence-corrected chi connectivity index (χ4v) is 1.77. The van der Waals surface area contributed by atoms with Crippen LogP contribution in [0.2, 0.25) is 0 Å². The number of nitrogens with one attached hydrogen (secondary N) is 1. The maximum Gasteiger partial charge on any atom is 0.214 e. The van der Waals surface area contributed by atoms with E-state index in [-0.39, 0.29) is 6.10 Å². The SMILES string of the molecule is CCOCC(C)Oc1cc(CNC)cc(C(C)C)n1. The molecule has 0 amide bonds. The normalized spacial score (nSPS) is 12.7. The first-order valence-electron chi connectivity index (χ1n) is 6.96. The number of hydrogen-bond acceptors (Lipinski definition) is 4. The molecule has 19 heavy (non-hydrogen) atoms. The molecule has 0 saturated heterocycles. The summed E-state index contributed by atoms with van der Waals surface area (Å²) < 4.78 is 11.2. The van der Waals surface area contributed by atoms with Crippen LogP contribution in [0.1, 0.15) is 44.9 Å². The van der Waals surface area contributed by atoms with E-state index in [1.807, 2.05) is 27.0 Å². The molecule has 0 radical (unpaired) electrons. The smallest absolute Gasteiger partial charge is 0.214 e. The third-order valence-electron chi connectivity index (χ3n) is 2.73. The van der Waals surface area contributed by atoms with Crippen LogP contribution in [0.3, 0.4) is 0 Å². The lowest BCUT2D eigenvalue weighted by Crippen LogP contribution is -2.20. The molecule has 1 heterocycles. The minimum atomic E-state index is 0.0114. The van der Waals surface area contributed by atoms with Crippen molar-refractivity contribution in [3.63, 3.8) is 0 Å². The lowest BCUT2D eigenvalue weighted by atomic mass is 10.1. The number of pyridine rings is 1. The van der Waals surface area contributed by atoms with Crippen LogP contribution in [-0.4, -0.2) is 31.3 Å². The third kappa shape index (κ3) is 5.57. The Hall–Kier alpha value is -1.13. The van der Waals surface area contributed by atoms with Gasteiger partial charge >= 0.3 is 0 Å². The van der Waals surface area contributed by atoms with Gasteiger partial charge in [-0.15, -0.1) is 0 Å². The molecular weight excluding hydrogens is 240 g/mol. The van der Waals surface area contributed by atoms with Gasteiger partial charge < -0.3 is 14.8 Å². The summed E-state index contributed by atoms with van der Waals surface area (Å²) in [6.07, 6.45) is 0.0114. The highest BCUT2D eigenvalue weighted by Gasteiger charge is 2.10. The Kier molecular flexibility index (Phi) is 6.81. The second kappa shape index (κ2) is 8.12. The fraction of sp³-hybridized carbons (Fsp3) is 0.667. The fourth-order valence-electron chi connectivity index (χ4n) is 1.77. The van der Waals surface area contributed by atoms with E-state index in [1.165, 1.54) is 5.56 Å². The van der Waals surface area contributed by atoms with Crippen LogP contribution < -0.4 is 10.1 Å². The molecule has 0 bridgehead atoms. The zero-order valence-corrected chi connectivity index (χ0v) is 12.7. The molecule has 0 aliphatic carbocycles. The van der Waals surface area contributed by atoms with Crippen molar-refractivity contribution >= 4 is 0 Å². The second-order valence-corrected chi connectivity index (χ2v) is 5.01. The van der Waals surface area contributed by atoms with Gasteiger partial charge in [0, 0.05) is 24.9 Å². The van der Waals surface area contributed by atoms with Gasteiger partial charge in [0.2, 0.25) is 5.88 Å². The monoisotopic (exact) mass is 266 g/mol. The summed E-state index contributed by atoms with van der Waals surface area (Å²) in [5.74, 6) is 1.07. The molecule has 108 valence electrons. The average Bonchev–Trinajstić information content (AvgIpc) is 2.36. The summed E-state index contributed by atoms with van der Waals surface area (Å²) >= 11 is 0. The highest BCUT2D eigenvalue weighted by molar-refractivity contribution is 5.26. The van der Waals surface area contributed by atoms with Gasteiger partial charge in [-0.25, -0.2) is 4.98 Å². The number of hydrogen-bond donors (Lipinski definition) is 1. The van der Waals surface area contributed by atoms with Crippen molar-refractivity contribution in [3.05, 3.63) is 23.4 Å². The molecule has 1 atom stereocenters. The molecule has 0 saturated carbocycles. The predicted molar refractivity (Wildman–Crippen MR) is 77.7 cm³/mol. The van der Waals surface area contributed by atoms with Crippen LogP contribution in [0.4, 0.5) is 0 Å². The van der Waals surface area contributed by atoms with E-state index in [0.29, 0.717) is 25.0 Å². The number of rotatable bonds is 8. The molecule has 0 aliphatic rings. The molecule has 1 aromatic heterocycles. The van der Waals surface area contributed by atoms with E-state index >= 15 is 0 Å². The van der Waals surface area contributed by atoms with Gasteiger partial charge in [0.05, 0.1) is 6.61 Å². The molecular formula is C15H26N2O2. The van der Waals surface area contributed by atoms with E-state index in [1.54, 1.807) is 0 Å². The van der Waals surface area contributed by atoms with Crippen LogP contribution in [0.25, 0.3) is 0 Å². The van der Waals surface area contributed by atoms with Gasteiger partial charge in [-0.1, -0.05) is 13.8 Å². The molecule has 0 spiro atoms. The maximum absolute atomic E-state index is 5.83. The summed E-state index contributed by atoms with van der Waals surface area (Å²) in [5.41, 5.74) is 2.26. The minimum Gasteiger partial charge on any atom is -0.472 e. The van der Waals surface area contributed by atoms with Gasteiger partial charge in [-0.05, 0) is 38.4 Å². The molecule has 0 fully saturated rings. The molecule has 1 unspecified atom stereocenters. The van der Waals surface area contributed by atoms with Gasteiger partial charge in [0.1, 0.15) is 6.10 Å². The standard InChI is InChI=1S/C15H26N2O2/c1-6-18-10-12(4)19-15-8-13(9-16-5)7-14(17-15)11(2)3/h7-8,11-12,16H,6,9-10H2,1-5H3. The first kappa shape index (κ1) is 15.9. The Bertz CT molecular complexity index is 380. The van der Waals surface area contributed by atoms with Crippen LogP contribution in [-0.2, 0) is 11.3 Å². The topological polar surface area (TPSA) is 43.4 Å². The second-order valence-electron chi connectivity index (χ2n) is 5.01. The van der Waals surface area contributed by atoms with E-state index in [9.17, 15) is 0 Å². The van der Waals surface area contributed by atoms with Gasteiger partial charge in [0.25, 0.3) is 0 Å². The van der Waals surface area contributed by atoms with E-state index in [4.69, 9.17) is 9.47 Å². The zero-order chi connectivity index (χ0) is 14.3. The molecule has 1 N–H and O–H groups in total. The molecule has 0 aromatic carbocycles. The third-order valence-corrected chi connectivity index (χ3v) is 2.73. The average molecular weight is 266 g/mol. The number of nitrogens with zero attached hydrogens (tertiary/aromatic N) is 1. The highest BCUT2D eigenvalue weighted by atomic mass is 16.5. The largest absolute Gasteiger partial charge is 0.472 e. The van der Waals surface area contributed by atoms with Crippen molar-refractivity contribution in [2.75, 3.05) is 20.3 Å². The summed E-state index contributed by atoms with van der Waals surface area (Å²) in [4.78, 5) is 4.56. The Labute approximate surface area is 116 Å². The Morgan fingerprint density at radius 2 is 2.00 bits per heavy atom. The predicted octanol–water partition coefficient (Wildman–Crippen LogP) is 2.73. The molecule has 4 nitrogen and oxygen atoms in total. The molecule has 1 rings (SSSR count). The van der Waals surface area contributed by atoms with E-state index in [2.05, 4.69) is 30.2 Å². The zero-order valence-electron chi connectivity index (χ0n) is 12.7. The van der Waals surface area contributed by atoms with Crippen LogP contribution in [0.15, 0.2) is 12.1 Å². The summed E-state index contributed by atoms with van der Waals surface area (Å²) in [6.45, 7) is 10.4. The van der Waals surface area contributed by atoms with E-state index < -0.39 is 0 Å². The van der Waals surface area contributed by atoms with Gasteiger partial charge in [0.15, 0.2) is 0 Å². The molecule has 0 aliphatic heterocycles. The number of aromatic nitrogens is 1. The Morgan fingerprint density at radius 1 is 1.26 bits per heavy atom. The van der Waals surface area contributed by atoms with Crippen molar-refractivity contribution in [2.45, 2.75) is 46.3 Å². The summed E-state index contributed by atoms with van der Waals surface area (Å²) in [7, 11) is 1.94. The van der Waals surface area contributed by atoms with Crippen molar-refractivity contribution in [1.29, 1.82) is 0 Å². The Balaban J connectivity index is 2.80. The summed E-state index contributed by atoms with van der Waals surface area (Å²) in [6, 6.07) is 4.12. The summed E-state index contributed by atoms with van der Waals surface area (Å²) in [5, 5.41) is 3.16. The van der Waals surface area contributed by atoms with Crippen LogP contribution in [0, 0.1) is 0 Å². The minimum absolute atomic E-state index is 0.0114. The highest BCUT2D eigenvalue weighted by Crippen LogP contribution is 2.20. The van der Waals surface area contributed by atoms with Gasteiger partial charge in [-0.3, -0.25) is 0 Å². The van der Waals surface area contributed by atoms with Crippen molar-refractivity contribution in [1.82, 2.24) is 10.3 Å². The first-order valence-corrected chi connectivity index (χ1v) is 6.96. The van der Waals surface area contributed by atoms with Crippen molar-refractivity contribution < 1.29 is 9.47 Å². The van der Waals surface area contributed by atoms with Crippen molar-refractivity contribution in [2.24, 2.45) is 0 Å². The Morgan fingerprint density at radius 3 is 2.58 bits per heavy atom. The lowest BCUT2D eigenvalue weighted by Gasteiger charge is -2.16. The first-order chi connectivity index (χ1) is 9.06. The quantitative estimate of drug-likeness (QED) is 0.785. The molecule has 1 aromatic rings. The molecule has 4 heteroatoms. The van der Waals surface area contributed by atoms with E-state index in [0.717, 1.165) is 12.2 Å². The maximum atomic E-state index is 5.83. The van der Waals surface area contributed by atoms with Crippen LogP contribution in [0.5, 0.6) is 5.88 Å². The number of ether oxygens (including phenoxy) is 2. The van der Waals surface area contributed by atoms with Gasteiger partial charge in [-0.2, -0.15) is 0 Å². The lowest BCUT2D eigenvalue weighted by molar-refractivity contribution is 0.0632. The van der Waals surface area contributed by atoms with Crippen LogP contribution >= 0.6 is 0 Å². The van der Waals surface area contributed by atoms with Crippen molar-refractivity contribution in [3.8, 4) is 5.88 Å².